The van der Waals surface area contributed by atoms with Gasteiger partial charge >= 0.3 is 6.18 Å². The minimum absolute atomic E-state index is 0.261. The number of nitrogens with one attached hydrogen (secondary N) is 1. The fraction of sp³-hybridized carbons (Fsp3) is 0.286. The van der Waals surface area contributed by atoms with E-state index < -0.39 is 11.7 Å². The van der Waals surface area contributed by atoms with E-state index in [1.165, 1.54) is 12.1 Å². The maximum absolute atomic E-state index is 12.7. The molecule has 6 nitrogen and oxygen atoms in total. The first-order valence-corrected chi connectivity index (χ1v) is 10.1. The van der Waals surface area contributed by atoms with Crippen molar-refractivity contribution < 1.29 is 27.4 Å². The third kappa shape index (κ3) is 6.02. The number of aromatic nitrogens is 2. The van der Waals surface area contributed by atoms with E-state index in [-0.39, 0.29) is 12.5 Å². The highest BCUT2D eigenvalue weighted by atomic mass is 32.1. The molecule has 0 aliphatic heterocycles. The second kappa shape index (κ2) is 9.88. The second-order valence-electron chi connectivity index (χ2n) is 6.54. The Morgan fingerprint density at radius 2 is 1.87 bits per heavy atom. The standard InChI is InChI=1S/C21H20F3N3O3S/c1-13-18(31-20(27-13)15-4-6-16(7-5-15)21(22,23)24)19(28)26-12-14-3-8-17(25-11-14)30-10-9-29-2/h3-8,11H,9-10,12H2,1-2H3,(H,26,28). The molecule has 1 N–H and O–H groups in total. The number of methoxy groups -OCH3 is 1. The van der Waals surface area contributed by atoms with Gasteiger partial charge in [-0.1, -0.05) is 18.2 Å². The fourth-order valence-electron chi connectivity index (χ4n) is 2.63. The first-order valence-electron chi connectivity index (χ1n) is 9.28. The molecule has 0 aliphatic rings. The van der Waals surface area contributed by atoms with Gasteiger partial charge in [0, 0.05) is 31.5 Å². The summed E-state index contributed by atoms with van der Waals surface area (Å²) in [4.78, 5) is 21.5. The van der Waals surface area contributed by atoms with Gasteiger partial charge in [-0.3, -0.25) is 4.79 Å². The lowest BCUT2D eigenvalue weighted by Crippen LogP contribution is -2.22. The summed E-state index contributed by atoms with van der Waals surface area (Å²) in [6.07, 6.45) is -2.79. The van der Waals surface area contributed by atoms with Crippen molar-refractivity contribution in [2.75, 3.05) is 20.3 Å². The molecule has 31 heavy (non-hydrogen) atoms. The summed E-state index contributed by atoms with van der Waals surface area (Å²) in [5.41, 5.74) is 1.09. The van der Waals surface area contributed by atoms with Crippen LogP contribution in [0.25, 0.3) is 10.6 Å². The van der Waals surface area contributed by atoms with Gasteiger partial charge in [0.05, 0.1) is 17.9 Å². The largest absolute Gasteiger partial charge is 0.475 e. The SMILES string of the molecule is COCCOc1ccc(CNC(=O)c2sc(-c3ccc(C(F)(F)F)cc3)nc2C)cn1. The van der Waals surface area contributed by atoms with Crippen LogP contribution in [0, 0.1) is 6.92 Å². The minimum atomic E-state index is -4.40. The molecule has 0 atom stereocenters. The average Bonchev–Trinajstić information content (AvgIpc) is 3.14. The predicted octanol–water partition coefficient (Wildman–Crippen LogP) is 4.49. The van der Waals surface area contributed by atoms with Crippen molar-refractivity contribution in [2.24, 2.45) is 0 Å². The monoisotopic (exact) mass is 451 g/mol. The summed E-state index contributed by atoms with van der Waals surface area (Å²) in [5.74, 6) is 0.153. The molecule has 0 bridgehead atoms. The van der Waals surface area contributed by atoms with E-state index in [1.54, 1.807) is 32.4 Å². The van der Waals surface area contributed by atoms with Crippen LogP contribution in [-0.2, 0) is 17.5 Å². The fourth-order valence-corrected chi connectivity index (χ4v) is 3.61. The van der Waals surface area contributed by atoms with Crippen molar-refractivity contribution in [3.05, 3.63) is 64.3 Å². The van der Waals surface area contributed by atoms with Crippen LogP contribution < -0.4 is 10.1 Å². The Hall–Kier alpha value is -2.98. The molecule has 0 saturated carbocycles. The smallest absolute Gasteiger partial charge is 0.416 e. The molecule has 2 aromatic heterocycles. The summed E-state index contributed by atoms with van der Waals surface area (Å²) < 4.78 is 48.5. The van der Waals surface area contributed by atoms with E-state index in [4.69, 9.17) is 9.47 Å². The number of benzene rings is 1. The Bertz CT molecular complexity index is 1020. The van der Waals surface area contributed by atoms with Crippen LogP contribution in [0.15, 0.2) is 42.6 Å². The third-order valence-corrected chi connectivity index (χ3v) is 5.46. The number of rotatable bonds is 8. The van der Waals surface area contributed by atoms with Gasteiger partial charge in [-0.05, 0) is 24.6 Å². The third-order valence-electron chi connectivity index (χ3n) is 4.25. The van der Waals surface area contributed by atoms with Gasteiger partial charge < -0.3 is 14.8 Å². The van der Waals surface area contributed by atoms with Crippen LogP contribution in [0.1, 0.15) is 26.5 Å². The highest BCUT2D eigenvalue weighted by Gasteiger charge is 2.30. The summed E-state index contributed by atoms with van der Waals surface area (Å²) in [6, 6.07) is 8.21. The molecule has 3 rings (SSSR count). The van der Waals surface area contributed by atoms with Gasteiger partial charge in [-0.15, -0.1) is 11.3 Å². The van der Waals surface area contributed by atoms with Gasteiger partial charge in [0.2, 0.25) is 5.88 Å². The zero-order valence-electron chi connectivity index (χ0n) is 16.8. The van der Waals surface area contributed by atoms with Crippen LogP contribution in [0.3, 0.4) is 0 Å². The van der Waals surface area contributed by atoms with Gasteiger partial charge in [0.15, 0.2) is 0 Å². The average molecular weight is 451 g/mol. The van der Waals surface area contributed by atoms with E-state index in [0.717, 1.165) is 29.0 Å². The topological polar surface area (TPSA) is 73.3 Å². The molecular weight excluding hydrogens is 431 g/mol. The number of aryl methyl sites for hydroxylation is 1. The maximum atomic E-state index is 12.7. The Morgan fingerprint density at radius 1 is 1.13 bits per heavy atom. The normalized spacial score (nSPS) is 11.4. The van der Waals surface area contributed by atoms with Gasteiger partial charge in [0.25, 0.3) is 5.91 Å². The van der Waals surface area contributed by atoms with Crippen molar-refractivity contribution in [3.63, 3.8) is 0 Å². The minimum Gasteiger partial charge on any atom is -0.475 e. The van der Waals surface area contributed by atoms with Gasteiger partial charge in [0.1, 0.15) is 16.5 Å². The number of hydrogen-bond donors (Lipinski definition) is 1. The highest BCUT2D eigenvalue weighted by molar-refractivity contribution is 7.17. The number of carbonyl (C=O) groups is 1. The first kappa shape index (κ1) is 22.7. The molecule has 0 radical (unpaired) electrons. The van der Waals surface area contributed by atoms with Gasteiger partial charge in [-0.2, -0.15) is 13.2 Å². The number of pyridine rings is 1. The second-order valence-corrected chi connectivity index (χ2v) is 7.54. The Kier molecular flexibility index (Phi) is 7.24. The van der Waals surface area contributed by atoms with Crippen LogP contribution in [0.5, 0.6) is 5.88 Å². The summed E-state index contributed by atoms with van der Waals surface area (Å²) in [6.45, 7) is 2.80. The molecule has 0 unspecified atom stereocenters. The first-order chi connectivity index (χ1) is 14.8. The number of carbonyl (C=O) groups excluding carboxylic acids is 1. The molecule has 0 aliphatic carbocycles. The molecule has 3 aromatic rings. The number of amides is 1. The van der Waals surface area contributed by atoms with Crippen molar-refractivity contribution in [1.82, 2.24) is 15.3 Å². The lowest BCUT2D eigenvalue weighted by atomic mass is 10.1. The molecule has 1 aromatic carbocycles. The number of thiazole rings is 1. The molecule has 1 amide bonds. The van der Waals surface area contributed by atoms with Crippen molar-refractivity contribution in [1.29, 1.82) is 0 Å². The van der Waals surface area contributed by atoms with Crippen LogP contribution >= 0.6 is 11.3 Å². The number of nitrogens with zero attached hydrogens (tertiary/aromatic N) is 2. The van der Waals surface area contributed by atoms with Crippen LogP contribution in [0.2, 0.25) is 0 Å². The zero-order chi connectivity index (χ0) is 22.4. The number of halogens is 3. The van der Waals surface area contributed by atoms with E-state index in [2.05, 4.69) is 15.3 Å². The van der Waals surface area contributed by atoms with E-state index in [0.29, 0.717) is 40.2 Å². The summed E-state index contributed by atoms with van der Waals surface area (Å²) >= 11 is 1.13. The molecule has 2 heterocycles. The molecule has 0 saturated heterocycles. The predicted molar refractivity (Wildman–Crippen MR) is 110 cm³/mol. The number of ether oxygens (including phenoxy) is 2. The summed E-state index contributed by atoms with van der Waals surface area (Å²) in [7, 11) is 1.58. The maximum Gasteiger partial charge on any atom is 0.416 e. The van der Waals surface area contributed by atoms with Crippen molar-refractivity contribution in [2.45, 2.75) is 19.6 Å². The Morgan fingerprint density at radius 3 is 2.48 bits per heavy atom. The quantitative estimate of drug-likeness (QED) is 0.511. The van der Waals surface area contributed by atoms with Crippen molar-refractivity contribution >= 4 is 17.2 Å². The molecule has 0 spiro atoms. The molecule has 0 fully saturated rings. The van der Waals surface area contributed by atoms with E-state index in [9.17, 15) is 18.0 Å². The Labute approximate surface area is 181 Å². The van der Waals surface area contributed by atoms with E-state index in [1.807, 2.05) is 0 Å². The lowest BCUT2D eigenvalue weighted by Gasteiger charge is -2.07. The lowest BCUT2D eigenvalue weighted by molar-refractivity contribution is -0.137. The zero-order valence-corrected chi connectivity index (χ0v) is 17.6. The molecule has 164 valence electrons. The van der Waals surface area contributed by atoms with Crippen LogP contribution in [0.4, 0.5) is 13.2 Å². The molecular formula is C21H20F3N3O3S. The van der Waals surface area contributed by atoms with E-state index >= 15 is 0 Å². The Balaban J connectivity index is 1.62. The van der Waals surface area contributed by atoms with Crippen molar-refractivity contribution in [3.8, 4) is 16.5 Å². The molecule has 10 heteroatoms. The van der Waals surface area contributed by atoms with Gasteiger partial charge in [-0.25, -0.2) is 9.97 Å². The number of hydrogen-bond acceptors (Lipinski definition) is 6. The summed E-state index contributed by atoms with van der Waals surface area (Å²) in [5, 5.41) is 3.29. The van der Waals surface area contributed by atoms with Crippen LogP contribution in [-0.4, -0.2) is 36.2 Å². The number of alkyl halides is 3. The highest BCUT2D eigenvalue weighted by Crippen LogP contribution is 2.33.